The molecular weight excluding hydrogens is 333 g/mol. The Kier molecular flexibility index (Phi) is 6.23. The van der Waals surface area contributed by atoms with Gasteiger partial charge in [0.15, 0.2) is 0 Å². The van der Waals surface area contributed by atoms with Gasteiger partial charge in [0.05, 0.1) is 6.10 Å². The van der Waals surface area contributed by atoms with E-state index in [1.807, 2.05) is 0 Å². The van der Waals surface area contributed by atoms with Gasteiger partial charge in [-0.1, -0.05) is 18.2 Å². The quantitative estimate of drug-likeness (QED) is 0.783. The maximum atomic E-state index is 13.6. The predicted molar refractivity (Wildman–Crippen MR) is 97.7 cm³/mol. The van der Waals surface area contributed by atoms with Crippen LogP contribution in [0.25, 0.3) is 0 Å². The average Bonchev–Trinajstić information content (AvgIpc) is 2.68. The molecule has 3 rings (SSSR count). The highest BCUT2D eigenvalue weighted by molar-refractivity contribution is 5.94. The number of hydrogen-bond donors (Lipinski definition) is 0. The van der Waals surface area contributed by atoms with E-state index in [4.69, 9.17) is 9.47 Å². The number of carbonyl (C=O) groups is 1. The normalized spacial score (nSPS) is 16.9. The van der Waals surface area contributed by atoms with E-state index in [0.717, 1.165) is 25.9 Å². The molecule has 0 aromatic heterocycles. The van der Waals surface area contributed by atoms with Gasteiger partial charge in [0.25, 0.3) is 5.91 Å². The molecule has 0 unspecified atom stereocenters. The highest BCUT2D eigenvalue weighted by atomic mass is 19.1. The largest absolute Gasteiger partial charge is 0.489 e. The van der Waals surface area contributed by atoms with Crippen LogP contribution in [0, 0.1) is 5.82 Å². The van der Waals surface area contributed by atoms with Crippen molar-refractivity contribution in [3.05, 3.63) is 65.5 Å². The molecule has 0 N–H and O–H groups in total. The molecule has 2 aromatic rings. The zero-order chi connectivity index (χ0) is 18.4. The van der Waals surface area contributed by atoms with Crippen molar-refractivity contribution in [3.8, 4) is 5.75 Å². The molecule has 0 spiro atoms. The standard InChI is InChI=1S/C21H24FNO3/c1-23(14-19-7-4-5-13-25-19)21(24)16-9-11-18(12-10-16)26-15-17-6-2-3-8-20(17)22/h2-3,6,8-12,19H,4-5,7,13-15H2,1H3/t19-/m0/s1. The molecule has 4 nitrogen and oxygen atoms in total. The summed E-state index contributed by atoms with van der Waals surface area (Å²) in [6.45, 7) is 1.53. The number of likely N-dealkylation sites (N-methyl/N-ethyl adjacent to an activating group) is 1. The minimum Gasteiger partial charge on any atom is -0.489 e. The number of carbonyl (C=O) groups excluding carboxylic acids is 1. The summed E-state index contributed by atoms with van der Waals surface area (Å²) in [7, 11) is 1.79. The number of rotatable bonds is 6. The molecule has 0 aliphatic carbocycles. The third-order valence-electron chi connectivity index (χ3n) is 4.55. The molecule has 0 bridgehead atoms. The number of nitrogens with zero attached hydrogens (tertiary/aromatic N) is 1. The molecule has 1 aliphatic heterocycles. The minimum atomic E-state index is -0.286. The number of amides is 1. The molecule has 1 atom stereocenters. The van der Waals surface area contributed by atoms with Gasteiger partial charge in [0.1, 0.15) is 18.2 Å². The van der Waals surface area contributed by atoms with Gasteiger partial charge in [-0.3, -0.25) is 4.79 Å². The molecular formula is C21H24FNO3. The zero-order valence-corrected chi connectivity index (χ0v) is 15.0. The van der Waals surface area contributed by atoms with Crippen molar-refractivity contribution in [3.63, 3.8) is 0 Å². The third-order valence-corrected chi connectivity index (χ3v) is 4.55. The molecule has 1 fully saturated rings. The van der Waals surface area contributed by atoms with Crippen LogP contribution in [0.2, 0.25) is 0 Å². The molecule has 26 heavy (non-hydrogen) atoms. The summed E-state index contributed by atoms with van der Waals surface area (Å²) in [6, 6.07) is 13.5. The number of benzene rings is 2. The van der Waals surface area contributed by atoms with E-state index >= 15 is 0 Å². The Labute approximate surface area is 153 Å². The smallest absolute Gasteiger partial charge is 0.253 e. The Hall–Kier alpha value is -2.40. The SMILES string of the molecule is CN(C[C@@H]1CCCCO1)C(=O)c1ccc(OCc2ccccc2F)cc1. The van der Waals surface area contributed by atoms with Crippen molar-refractivity contribution in [1.82, 2.24) is 4.90 Å². The van der Waals surface area contributed by atoms with E-state index in [-0.39, 0.29) is 24.4 Å². The van der Waals surface area contributed by atoms with E-state index in [1.54, 1.807) is 54.4 Å². The fourth-order valence-electron chi connectivity index (χ4n) is 3.03. The lowest BCUT2D eigenvalue weighted by molar-refractivity contribution is -0.000188. The predicted octanol–water partition coefficient (Wildman–Crippen LogP) is 4.05. The molecule has 1 amide bonds. The molecule has 0 radical (unpaired) electrons. The lowest BCUT2D eigenvalue weighted by Crippen LogP contribution is -2.37. The van der Waals surface area contributed by atoms with Gasteiger partial charge in [-0.05, 0) is 49.6 Å². The van der Waals surface area contributed by atoms with Crippen LogP contribution in [0.3, 0.4) is 0 Å². The molecule has 5 heteroatoms. The molecule has 2 aromatic carbocycles. The van der Waals surface area contributed by atoms with Crippen molar-refractivity contribution >= 4 is 5.91 Å². The molecule has 1 saturated heterocycles. The van der Waals surface area contributed by atoms with Gasteiger partial charge in [-0.2, -0.15) is 0 Å². The molecule has 1 heterocycles. The average molecular weight is 357 g/mol. The Morgan fingerprint density at radius 1 is 1.19 bits per heavy atom. The van der Waals surface area contributed by atoms with Crippen molar-refractivity contribution in [2.75, 3.05) is 20.2 Å². The summed E-state index contributed by atoms with van der Waals surface area (Å²) in [5.74, 6) is 0.272. The summed E-state index contributed by atoms with van der Waals surface area (Å²) < 4.78 is 24.9. The maximum absolute atomic E-state index is 13.6. The highest BCUT2D eigenvalue weighted by Gasteiger charge is 2.19. The molecule has 0 saturated carbocycles. The van der Waals surface area contributed by atoms with Crippen LogP contribution in [0.15, 0.2) is 48.5 Å². The minimum absolute atomic E-state index is 0.0418. The molecule has 138 valence electrons. The first-order valence-electron chi connectivity index (χ1n) is 8.97. The number of hydrogen-bond acceptors (Lipinski definition) is 3. The number of ether oxygens (including phenoxy) is 2. The third kappa shape index (κ3) is 4.82. The van der Waals surface area contributed by atoms with Crippen LogP contribution in [0.1, 0.15) is 35.2 Å². The van der Waals surface area contributed by atoms with E-state index in [0.29, 0.717) is 23.4 Å². The Balaban J connectivity index is 1.54. The zero-order valence-electron chi connectivity index (χ0n) is 15.0. The summed E-state index contributed by atoms with van der Waals surface area (Å²) in [4.78, 5) is 14.2. The second-order valence-electron chi connectivity index (χ2n) is 6.58. The van der Waals surface area contributed by atoms with Crippen LogP contribution in [-0.2, 0) is 11.3 Å². The fraction of sp³-hybridized carbons (Fsp3) is 0.381. The Bertz CT molecular complexity index is 726. The lowest BCUT2D eigenvalue weighted by atomic mass is 10.1. The second kappa shape index (κ2) is 8.81. The Morgan fingerprint density at radius 2 is 1.96 bits per heavy atom. The van der Waals surface area contributed by atoms with Gasteiger partial charge in [-0.15, -0.1) is 0 Å². The summed E-state index contributed by atoms with van der Waals surface area (Å²) in [5, 5.41) is 0. The van der Waals surface area contributed by atoms with E-state index in [2.05, 4.69) is 0 Å². The highest BCUT2D eigenvalue weighted by Crippen LogP contribution is 2.18. The molecule has 1 aliphatic rings. The fourth-order valence-corrected chi connectivity index (χ4v) is 3.03. The van der Waals surface area contributed by atoms with Crippen LogP contribution in [0.5, 0.6) is 5.75 Å². The summed E-state index contributed by atoms with van der Waals surface area (Å²) in [5.41, 5.74) is 1.10. The Morgan fingerprint density at radius 3 is 2.65 bits per heavy atom. The van der Waals surface area contributed by atoms with Gasteiger partial charge >= 0.3 is 0 Å². The van der Waals surface area contributed by atoms with E-state index in [1.165, 1.54) is 6.07 Å². The van der Waals surface area contributed by atoms with Gasteiger partial charge in [-0.25, -0.2) is 4.39 Å². The van der Waals surface area contributed by atoms with Crippen molar-refractivity contribution in [2.45, 2.75) is 32.0 Å². The van der Waals surface area contributed by atoms with Crippen LogP contribution < -0.4 is 4.74 Å². The van der Waals surface area contributed by atoms with Gasteiger partial charge in [0, 0.05) is 31.3 Å². The van der Waals surface area contributed by atoms with Crippen LogP contribution in [-0.4, -0.2) is 37.1 Å². The first-order chi connectivity index (χ1) is 12.6. The first-order valence-corrected chi connectivity index (χ1v) is 8.97. The van der Waals surface area contributed by atoms with Crippen LogP contribution in [0.4, 0.5) is 4.39 Å². The maximum Gasteiger partial charge on any atom is 0.253 e. The van der Waals surface area contributed by atoms with E-state index < -0.39 is 0 Å². The summed E-state index contributed by atoms with van der Waals surface area (Å²) >= 11 is 0. The van der Waals surface area contributed by atoms with E-state index in [9.17, 15) is 9.18 Å². The number of halogens is 1. The van der Waals surface area contributed by atoms with Crippen molar-refractivity contribution in [2.24, 2.45) is 0 Å². The summed E-state index contributed by atoms with van der Waals surface area (Å²) in [6.07, 6.45) is 3.38. The monoisotopic (exact) mass is 357 g/mol. The second-order valence-corrected chi connectivity index (χ2v) is 6.58. The lowest BCUT2D eigenvalue weighted by Gasteiger charge is -2.27. The van der Waals surface area contributed by atoms with Crippen molar-refractivity contribution < 1.29 is 18.7 Å². The van der Waals surface area contributed by atoms with Gasteiger partial charge < -0.3 is 14.4 Å². The first kappa shape index (κ1) is 18.4. The topological polar surface area (TPSA) is 38.8 Å². The van der Waals surface area contributed by atoms with Crippen molar-refractivity contribution in [1.29, 1.82) is 0 Å². The van der Waals surface area contributed by atoms with Gasteiger partial charge in [0.2, 0.25) is 0 Å². The van der Waals surface area contributed by atoms with Crippen LogP contribution >= 0.6 is 0 Å².